The zero-order valence-electron chi connectivity index (χ0n) is 10.7. The third-order valence-corrected chi connectivity index (χ3v) is 3.59. The number of carbonyl (C=O) groups excluding carboxylic acids is 1. The van der Waals surface area contributed by atoms with Crippen LogP contribution in [-0.4, -0.2) is 13.4 Å². The highest BCUT2D eigenvalue weighted by molar-refractivity contribution is 9.10. The Bertz CT molecular complexity index is 629. The zero-order chi connectivity index (χ0) is 14.5. The van der Waals surface area contributed by atoms with E-state index in [0.29, 0.717) is 28.7 Å². The molecule has 0 heterocycles. The number of methoxy groups -OCH3 is 1. The average molecular weight is 356 g/mol. The van der Waals surface area contributed by atoms with Gasteiger partial charge in [-0.15, -0.1) is 0 Å². The van der Waals surface area contributed by atoms with Crippen molar-refractivity contribution in [3.8, 4) is 11.5 Å². The number of carbonyl (C=O) groups is 1. The Labute approximate surface area is 130 Å². The van der Waals surface area contributed by atoms with Crippen LogP contribution >= 0.6 is 27.5 Å². The van der Waals surface area contributed by atoms with E-state index >= 15 is 0 Å². The summed E-state index contributed by atoms with van der Waals surface area (Å²) in [6, 6.07) is 10.6. The SMILES string of the molecule is COc1ccc(OCc2ccc(Br)cc2Cl)c(C=O)c1. The van der Waals surface area contributed by atoms with Crippen LogP contribution < -0.4 is 9.47 Å². The van der Waals surface area contributed by atoms with E-state index in [1.807, 2.05) is 12.1 Å². The molecule has 20 heavy (non-hydrogen) atoms. The van der Waals surface area contributed by atoms with Gasteiger partial charge in [-0.25, -0.2) is 0 Å². The largest absolute Gasteiger partial charge is 0.497 e. The van der Waals surface area contributed by atoms with Gasteiger partial charge >= 0.3 is 0 Å². The van der Waals surface area contributed by atoms with Crippen molar-refractivity contribution in [2.75, 3.05) is 7.11 Å². The van der Waals surface area contributed by atoms with Gasteiger partial charge in [0.25, 0.3) is 0 Å². The Morgan fingerprint density at radius 1 is 1.25 bits per heavy atom. The van der Waals surface area contributed by atoms with Gasteiger partial charge in [-0.3, -0.25) is 4.79 Å². The van der Waals surface area contributed by atoms with Crippen molar-refractivity contribution in [2.24, 2.45) is 0 Å². The molecule has 0 aliphatic heterocycles. The lowest BCUT2D eigenvalue weighted by molar-refractivity contribution is 0.111. The van der Waals surface area contributed by atoms with Crippen LogP contribution in [0.2, 0.25) is 5.02 Å². The first-order chi connectivity index (χ1) is 9.63. The molecule has 0 aromatic heterocycles. The summed E-state index contributed by atoms with van der Waals surface area (Å²) >= 11 is 9.46. The number of rotatable bonds is 5. The Balaban J connectivity index is 2.16. The molecule has 0 spiro atoms. The van der Waals surface area contributed by atoms with E-state index in [0.717, 1.165) is 16.3 Å². The van der Waals surface area contributed by atoms with Gasteiger partial charge in [0.05, 0.1) is 12.7 Å². The molecule has 3 nitrogen and oxygen atoms in total. The molecular formula is C15H12BrClO3. The lowest BCUT2D eigenvalue weighted by atomic mass is 10.2. The van der Waals surface area contributed by atoms with Crippen LogP contribution in [0.1, 0.15) is 15.9 Å². The smallest absolute Gasteiger partial charge is 0.153 e. The van der Waals surface area contributed by atoms with Gasteiger partial charge in [0.15, 0.2) is 6.29 Å². The van der Waals surface area contributed by atoms with E-state index in [1.54, 1.807) is 31.4 Å². The summed E-state index contributed by atoms with van der Waals surface area (Å²) in [5, 5.41) is 0.612. The molecular weight excluding hydrogens is 344 g/mol. The van der Waals surface area contributed by atoms with Crippen molar-refractivity contribution >= 4 is 33.8 Å². The van der Waals surface area contributed by atoms with Crippen LogP contribution in [0.5, 0.6) is 11.5 Å². The lowest BCUT2D eigenvalue weighted by Gasteiger charge is -2.11. The van der Waals surface area contributed by atoms with Crippen molar-refractivity contribution in [1.29, 1.82) is 0 Å². The third-order valence-electron chi connectivity index (χ3n) is 2.74. The van der Waals surface area contributed by atoms with E-state index < -0.39 is 0 Å². The number of ether oxygens (including phenoxy) is 2. The number of hydrogen-bond donors (Lipinski definition) is 0. The Hall–Kier alpha value is -1.52. The van der Waals surface area contributed by atoms with Crippen molar-refractivity contribution < 1.29 is 14.3 Å². The van der Waals surface area contributed by atoms with Crippen LogP contribution in [0.4, 0.5) is 0 Å². The molecule has 2 aromatic rings. The molecule has 0 atom stereocenters. The first-order valence-corrected chi connectivity index (χ1v) is 7.01. The fraction of sp³-hybridized carbons (Fsp3) is 0.133. The molecule has 0 fully saturated rings. The highest BCUT2D eigenvalue weighted by atomic mass is 79.9. The number of benzene rings is 2. The summed E-state index contributed by atoms with van der Waals surface area (Å²) in [7, 11) is 1.55. The van der Waals surface area contributed by atoms with Crippen LogP contribution in [0.25, 0.3) is 0 Å². The zero-order valence-corrected chi connectivity index (χ0v) is 13.1. The van der Waals surface area contributed by atoms with Gasteiger partial charge in [-0.05, 0) is 30.3 Å². The molecule has 0 unspecified atom stereocenters. The van der Waals surface area contributed by atoms with E-state index in [2.05, 4.69) is 15.9 Å². The molecule has 0 bridgehead atoms. The maximum absolute atomic E-state index is 11.1. The second-order valence-corrected chi connectivity index (χ2v) is 5.37. The quantitative estimate of drug-likeness (QED) is 0.741. The van der Waals surface area contributed by atoms with E-state index in [9.17, 15) is 4.79 Å². The Morgan fingerprint density at radius 2 is 2.05 bits per heavy atom. The first-order valence-electron chi connectivity index (χ1n) is 5.84. The van der Waals surface area contributed by atoms with Crippen molar-refractivity contribution in [1.82, 2.24) is 0 Å². The minimum atomic E-state index is 0.291. The minimum absolute atomic E-state index is 0.291. The highest BCUT2D eigenvalue weighted by Gasteiger charge is 2.07. The Morgan fingerprint density at radius 3 is 2.70 bits per heavy atom. The molecule has 2 rings (SSSR count). The fourth-order valence-electron chi connectivity index (χ4n) is 1.67. The normalized spacial score (nSPS) is 10.2. The van der Waals surface area contributed by atoms with Crippen molar-refractivity contribution in [3.63, 3.8) is 0 Å². The molecule has 2 aromatic carbocycles. The summed E-state index contributed by atoms with van der Waals surface area (Å²) in [6.45, 7) is 0.291. The Kier molecular flexibility index (Phi) is 5.04. The van der Waals surface area contributed by atoms with Gasteiger partial charge in [-0.1, -0.05) is 33.6 Å². The number of aldehydes is 1. The summed E-state index contributed by atoms with van der Waals surface area (Å²) < 4.78 is 11.6. The number of hydrogen-bond acceptors (Lipinski definition) is 3. The monoisotopic (exact) mass is 354 g/mol. The second-order valence-electron chi connectivity index (χ2n) is 4.05. The minimum Gasteiger partial charge on any atom is -0.497 e. The molecule has 0 aliphatic carbocycles. The fourth-order valence-corrected chi connectivity index (χ4v) is 2.40. The summed E-state index contributed by atoms with van der Waals surface area (Å²) in [6.07, 6.45) is 0.737. The molecule has 0 saturated heterocycles. The van der Waals surface area contributed by atoms with Gasteiger partial charge in [-0.2, -0.15) is 0 Å². The third kappa shape index (κ3) is 3.52. The van der Waals surface area contributed by atoms with Crippen molar-refractivity contribution in [3.05, 3.63) is 57.0 Å². The second kappa shape index (κ2) is 6.77. The number of halogens is 2. The van der Waals surface area contributed by atoms with Gasteiger partial charge in [0.2, 0.25) is 0 Å². The van der Waals surface area contributed by atoms with Gasteiger partial charge in [0, 0.05) is 15.1 Å². The topological polar surface area (TPSA) is 35.5 Å². The summed E-state index contributed by atoms with van der Waals surface area (Å²) in [5.41, 5.74) is 1.29. The first kappa shape index (κ1) is 14.9. The van der Waals surface area contributed by atoms with E-state index in [-0.39, 0.29) is 0 Å². The summed E-state index contributed by atoms with van der Waals surface area (Å²) in [4.78, 5) is 11.1. The molecule has 0 saturated carbocycles. The molecule has 5 heteroatoms. The lowest BCUT2D eigenvalue weighted by Crippen LogP contribution is -1.99. The van der Waals surface area contributed by atoms with Crippen LogP contribution in [-0.2, 0) is 6.61 Å². The molecule has 104 valence electrons. The van der Waals surface area contributed by atoms with E-state index in [1.165, 1.54) is 0 Å². The van der Waals surface area contributed by atoms with Crippen molar-refractivity contribution in [2.45, 2.75) is 6.61 Å². The van der Waals surface area contributed by atoms with E-state index in [4.69, 9.17) is 21.1 Å². The van der Waals surface area contributed by atoms with Crippen LogP contribution in [0.15, 0.2) is 40.9 Å². The van der Waals surface area contributed by atoms with Crippen LogP contribution in [0, 0.1) is 0 Å². The standard InChI is InChI=1S/C15H12BrClO3/c1-19-13-4-5-15(11(6-13)8-18)20-9-10-2-3-12(16)7-14(10)17/h2-8H,9H2,1H3. The molecule has 0 amide bonds. The maximum Gasteiger partial charge on any atom is 0.153 e. The average Bonchev–Trinajstić information content (AvgIpc) is 2.46. The highest BCUT2D eigenvalue weighted by Crippen LogP contribution is 2.26. The molecule has 0 N–H and O–H groups in total. The maximum atomic E-state index is 11.1. The molecule has 0 aliphatic rings. The predicted octanol–water partition coefficient (Wildman–Crippen LogP) is 4.50. The molecule has 0 radical (unpaired) electrons. The van der Waals surface area contributed by atoms with Gasteiger partial charge in [0.1, 0.15) is 18.1 Å². The predicted molar refractivity (Wildman–Crippen MR) is 81.9 cm³/mol. The summed E-state index contributed by atoms with van der Waals surface area (Å²) in [5.74, 6) is 1.11. The van der Waals surface area contributed by atoms with Crippen LogP contribution in [0.3, 0.4) is 0 Å². The van der Waals surface area contributed by atoms with Gasteiger partial charge < -0.3 is 9.47 Å².